The molecule has 2 aromatic heterocycles. The van der Waals surface area contributed by atoms with Crippen LogP contribution >= 0.6 is 22.7 Å². The van der Waals surface area contributed by atoms with Crippen LogP contribution in [-0.2, 0) is 4.74 Å². The molecule has 1 aromatic carbocycles. The number of nitrogen functional groups attached to an aromatic ring is 1. The van der Waals surface area contributed by atoms with Crippen LogP contribution in [-0.4, -0.2) is 18.1 Å². The molecule has 0 saturated carbocycles. The number of ether oxygens (including phenoxy) is 1. The number of rotatable bonds is 2. The average Bonchev–Trinajstić information content (AvgIpc) is 3.00. The number of benzene rings is 1. The molecule has 0 spiro atoms. The SMILES string of the molecule is COC(=O)c1nc(-c2cc3ccc(F)cc3s2)sc1N. The van der Waals surface area contributed by atoms with Crippen molar-refractivity contribution in [3.05, 3.63) is 35.8 Å². The highest BCUT2D eigenvalue weighted by molar-refractivity contribution is 7.27. The van der Waals surface area contributed by atoms with E-state index in [4.69, 9.17) is 5.73 Å². The van der Waals surface area contributed by atoms with E-state index in [2.05, 4.69) is 9.72 Å². The lowest BCUT2D eigenvalue weighted by Gasteiger charge is -1.93. The predicted octanol–water partition coefficient (Wildman–Crippen LogP) is 3.53. The molecule has 2 heterocycles. The summed E-state index contributed by atoms with van der Waals surface area (Å²) in [5.74, 6) is -0.836. The highest BCUT2D eigenvalue weighted by atomic mass is 32.1. The quantitative estimate of drug-likeness (QED) is 0.735. The first-order valence-corrected chi connectivity index (χ1v) is 7.26. The Morgan fingerprint density at radius 2 is 2.15 bits per heavy atom. The molecule has 2 N–H and O–H groups in total. The van der Waals surface area contributed by atoms with Gasteiger partial charge in [0.25, 0.3) is 0 Å². The Kier molecular flexibility index (Phi) is 3.15. The number of thiazole rings is 1. The van der Waals surface area contributed by atoms with Crippen LogP contribution in [0, 0.1) is 5.82 Å². The van der Waals surface area contributed by atoms with Crippen molar-refractivity contribution in [2.45, 2.75) is 0 Å². The Bertz CT molecular complexity index is 810. The molecule has 7 heteroatoms. The number of hydrogen-bond donors (Lipinski definition) is 1. The smallest absolute Gasteiger partial charge is 0.359 e. The van der Waals surface area contributed by atoms with E-state index in [1.54, 1.807) is 6.07 Å². The molecule has 20 heavy (non-hydrogen) atoms. The van der Waals surface area contributed by atoms with Crippen LogP contribution in [0.25, 0.3) is 20.0 Å². The van der Waals surface area contributed by atoms with E-state index < -0.39 is 5.97 Å². The lowest BCUT2D eigenvalue weighted by atomic mass is 10.2. The third-order valence-corrected chi connectivity index (χ3v) is 4.88. The van der Waals surface area contributed by atoms with E-state index in [0.29, 0.717) is 10.0 Å². The maximum Gasteiger partial charge on any atom is 0.359 e. The zero-order valence-corrected chi connectivity index (χ0v) is 12.0. The van der Waals surface area contributed by atoms with E-state index in [0.717, 1.165) is 15.0 Å². The van der Waals surface area contributed by atoms with Gasteiger partial charge in [-0.1, -0.05) is 17.4 Å². The fourth-order valence-electron chi connectivity index (χ4n) is 1.79. The number of esters is 1. The number of fused-ring (bicyclic) bond motifs is 1. The number of aromatic nitrogens is 1. The van der Waals surface area contributed by atoms with Gasteiger partial charge in [-0.2, -0.15) is 0 Å². The van der Waals surface area contributed by atoms with Crippen LogP contribution < -0.4 is 5.73 Å². The number of nitrogens with zero attached hydrogens (tertiary/aromatic N) is 1. The molecule has 3 rings (SSSR count). The summed E-state index contributed by atoms with van der Waals surface area (Å²) < 4.78 is 18.6. The summed E-state index contributed by atoms with van der Waals surface area (Å²) in [5.41, 5.74) is 5.89. The summed E-state index contributed by atoms with van der Waals surface area (Å²) in [5, 5.41) is 1.87. The zero-order chi connectivity index (χ0) is 14.3. The van der Waals surface area contributed by atoms with E-state index in [1.165, 1.54) is 41.9 Å². The number of carbonyl (C=O) groups is 1. The first kappa shape index (κ1) is 13.0. The van der Waals surface area contributed by atoms with Gasteiger partial charge in [0, 0.05) is 4.70 Å². The molecule has 102 valence electrons. The van der Waals surface area contributed by atoms with Crippen molar-refractivity contribution in [1.29, 1.82) is 0 Å². The van der Waals surface area contributed by atoms with Gasteiger partial charge in [0.05, 0.1) is 12.0 Å². The van der Waals surface area contributed by atoms with Gasteiger partial charge in [0.2, 0.25) is 0 Å². The molecular formula is C13H9FN2O2S2. The molecule has 3 aromatic rings. The Morgan fingerprint density at radius 1 is 1.35 bits per heavy atom. The third-order valence-electron chi connectivity index (χ3n) is 2.73. The summed E-state index contributed by atoms with van der Waals surface area (Å²) in [6.45, 7) is 0. The van der Waals surface area contributed by atoms with Gasteiger partial charge in [0.15, 0.2) is 5.69 Å². The standard InChI is InChI=1S/C13H9FN2O2S2/c1-18-13(17)10-11(15)20-12(16-10)9-4-6-2-3-7(14)5-8(6)19-9/h2-5H,15H2,1H3. The largest absolute Gasteiger partial charge is 0.464 e. The Balaban J connectivity index is 2.09. The summed E-state index contributed by atoms with van der Waals surface area (Å²) in [4.78, 5) is 16.5. The third kappa shape index (κ3) is 2.14. The lowest BCUT2D eigenvalue weighted by Crippen LogP contribution is -2.04. The highest BCUT2D eigenvalue weighted by Gasteiger charge is 2.18. The second kappa shape index (κ2) is 4.84. The highest BCUT2D eigenvalue weighted by Crippen LogP contribution is 2.38. The van der Waals surface area contributed by atoms with Gasteiger partial charge < -0.3 is 10.5 Å². The van der Waals surface area contributed by atoms with E-state index in [1.807, 2.05) is 6.07 Å². The number of halogens is 1. The molecule has 0 aliphatic rings. The Morgan fingerprint density at radius 3 is 2.90 bits per heavy atom. The van der Waals surface area contributed by atoms with Crippen LogP contribution in [0.2, 0.25) is 0 Å². The molecule has 4 nitrogen and oxygen atoms in total. The number of anilines is 1. The molecule has 0 aliphatic carbocycles. The first-order chi connectivity index (χ1) is 9.58. The van der Waals surface area contributed by atoms with Crippen molar-refractivity contribution >= 4 is 43.7 Å². The average molecular weight is 308 g/mol. The summed E-state index contributed by atoms with van der Waals surface area (Å²) in [7, 11) is 1.28. The van der Waals surface area contributed by atoms with Crippen LogP contribution in [0.3, 0.4) is 0 Å². The molecule has 0 amide bonds. The Hall–Kier alpha value is -1.99. The molecule has 0 saturated heterocycles. The topological polar surface area (TPSA) is 65.2 Å². The minimum Gasteiger partial charge on any atom is -0.464 e. The number of thiophene rings is 1. The van der Waals surface area contributed by atoms with Crippen molar-refractivity contribution in [2.75, 3.05) is 12.8 Å². The number of carbonyl (C=O) groups excluding carboxylic acids is 1. The minimum absolute atomic E-state index is 0.121. The monoisotopic (exact) mass is 308 g/mol. The summed E-state index contributed by atoms with van der Waals surface area (Å²) in [6, 6.07) is 6.50. The number of nitrogens with two attached hydrogens (primary N) is 1. The van der Waals surface area contributed by atoms with Crippen LogP contribution in [0.15, 0.2) is 24.3 Å². The Labute approximate surface area is 121 Å². The lowest BCUT2D eigenvalue weighted by molar-refractivity contribution is 0.0596. The zero-order valence-electron chi connectivity index (χ0n) is 10.3. The van der Waals surface area contributed by atoms with Crippen molar-refractivity contribution in [2.24, 2.45) is 0 Å². The van der Waals surface area contributed by atoms with E-state index in [-0.39, 0.29) is 11.5 Å². The van der Waals surface area contributed by atoms with Crippen molar-refractivity contribution in [3.63, 3.8) is 0 Å². The molecule has 0 aliphatic heterocycles. The van der Waals surface area contributed by atoms with Gasteiger partial charge in [-0.05, 0) is 23.6 Å². The van der Waals surface area contributed by atoms with Gasteiger partial charge in [-0.25, -0.2) is 14.2 Å². The van der Waals surface area contributed by atoms with Crippen LogP contribution in [0.1, 0.15) is 10.5 Å². The van der Waals surface area contributed by atoms with Crippen molar-refractivity contribution < 1.29 is 13.9 Å². The normalized spacial score (nSPS) is 10.9. The minimum atomic E-state index is -0.558. The summed E-state index contributed by atoms with van der Waals surface area (Å²) in [6.07, 6.45) is 0. The van der Waals surface area contributed by atoms with E-state index in [9.17, 15) is 9.18 Å². The second-order valence-electron chi connectivity index (χ2n) is 4.02. The molecular weight excluding hydrogens is 299 g/mol. The van der Waals surface area contributed by atoms with Gasteiger partial charge in [-0.3, -0.25) is 0 Å². The first-order valence-electron chi connectivity index (χ1n) is 5.62. The van der Waals surface area contributed by atoms with Crippen molar-refractivity contribution in [3.8, 4) is 9.88 Å². The number of hydrogen-bond acceptors (Lipinski definition) is 6. The molecule has 0 bridgehead atoms. The van der Waals surface area contributed by atoms with Gasteiger partial charge in [0.1, 0.15) is 15.8 Å². The van der Waals surface area contributed by atoms with Crippen LogP contribution in [0.4, 0.5) is 9.39 Å². The van der Waals surface area contributed by atoms with Crippen molar-refractivity contribution in [1.82, 2.24) is 4.98 Å². The molecule has 0 unspecified atom stereocenters. The summed E-state index contributed by atoms with van der Waals surface area (Å²) >= 11 is 2.62. The van der Waals surface area contributed by atoms with Crippen LogP contribution in [0.5, 0.6) is 0 Å². The molecule has 0 fully saturated rings. The fourth-order valence-corrected chi connectivity index (χ4v) is 3.74. The molecule has 0 atom stereocenters. The predicted molar refractivity (Wildman–Crippen MR) is 78.6 cm³/mol. The fraction of sp³-hybridized carbons (Fsp3) is 0.0769. The maximum atomic E-state index is 13.2. The van der Waals surface area contributed by atoms with Gasteiger partial charge in [-0.15, -0.1) is 11.3 Å². The molecule has 0 radical (unpaired) electrons. The second-order valence-corrected chi connectivity index (χ2v) is 6.13. The van der Waals surface area contributed by atoms with E-state index >= 15 is 0 Å². The van der Waals surface area contributed by atoms with Gasteiger partial charge >= 0.3 is 5.97 Å². The number of methoxy groups -OCH3 is 1. The maximum absolute atomic E-state index is 13.2.